The monoisotopic (exact) mass is 705 g/mol. The number of hydrogen-bond acceptors (Lipinski definition) is 13. The molecule has 1 aliphatic rings. The van der Waals surface area contributed by atoms with E-state index in [9.17, 15) is 58.5 Å². The van der Waals surface area contributed by atoms with Crippen molar-refractivity contribution in [2.75, 3.05) is 70.8 Å². The predicted molar refractivity (Wildman–Crippen MR) is 166 cm³/mol. The summed E-state index contributed by atoms with van der Waals surface area (Å²) in [6.07, 6.45) is 1.93. The van der Waals surface area contributed by atoms with Crippen molar-refractivity contribution in [1.82, 2.24) is 24.9 Å². The molecule has 20 heteroatoms. The van der Waals surface area contributed by atoms with Crippen LogP contribution >= 0.6 is 0 Å². The van der Waals surface area contributed by atoms with Crippen LogP contribution in [0, 0.1) is 0 Å². The summed E-state index contributed by atoms with van der Waals surface area (Å²) in [7, 11) is 0. The summed E-state index contributed by atoms with van der Waals surface area (Å²) in [4.78, 5) is 109. The Morgan fingerprint density at radius 2 is 1.24 bits per heavy atom. The number of anilines is 1. The summed E-state index contributed by atoms with van der Waals surface area (Å²) in [5.74, 6) is -9.19. The molecule has 0 unspecified atom stereocenters. The largest absolute Gasteiger partial charge is 0.549 e. The second kappa shape index (κ2) is 19.9. The van der Waals surface area contributed by atoms with Crippen LogP contribution in [-0.2, 0) is 49.6 Å². The highest BCUT2D eigenvalue weighted by Gasteiger charge is 2.27. The number of benzene rings is 1. The number of carbonyl (C=O) groups is 9. The molecule has 0 fully saturated rings. The molecule has 0 aromatic heterocycles. The van der Waals surface area contributed by atoms with Crippen LogP contribution < -0.4 is 15.7 Å². The van der Waals surface area contributed by atoms with Crippen LogP contribution in [0.15, 0.2) is 36.4 Å². The van der Waals surface area contributed by atoms with Crippen LogP contribution in [0.2, 0.25) is 0 Å². The molecule has 0 radical (unpaired) electrons. The molecule has 0 spiro atoms. The first-order chi connectivity index (χ1) is 23.5. The lowest BCUT2D eigenvalue weighted by molar-refractivity contribution is -0.306. The second-order valence-corrected chi connectivity index (χ2v) is 11.1. The van der Waals surface area contributed by atoms with E-state index in [1.165, 1.54) is 17.0 Å². The summed E-state index contributed by atoms with van der Waals surface area (Å²) in [6, 6.07) is 5.09. The third kappa shape index (κ3) is 15.4. The molecule has 0 bridgehead atoms. The van der Waals surface area contributed by atoms with Gasteiger partial charge in [-0.2, -0.15) is 0 Å². The lowest BCUT2D eigenvalue weighted by Crippen LogP contribution is -2.52. The van der Waals surface area contributed by atoms with Crippen LogP contribution in [0.1, 0.15) is 12.0 Å². The van der Waals surface area contributed by atoms with Crippen molar-refractivity contribution in [1.29, 1.82) is 0 Å². The molecular formula is C30H37N6O14-. The molecule has 0 saturated heterocycles. The highest BCUT2D eigenvalue weighted by Crippen LogP contribution is 2.15. The molecule has 50 heavy (non-hydrogen) atoms. The van der Waals surface area contributed by atoms with Gasteiger partial charge in [0.2, 0.25) is 11.8 Å². The Morgan fingerprint density at radius 3 is 1.76 bits per heavy atom. The molecule has 1 aliphatic heterocycles. The number of imide groups is 1. The number of aliphatic carboxylic acids is 5. The van der Waals surface area contributed by atoms with Gasteiger partial charge >= 0.3 is 23.9 Å². The SMILES string of the molecule is O=C([O-])CN(CC(=O)O)[C@H](Cc1ccc(NC(=O)CNC(=O)CCN2C(=O)C=CC2=O)cc1)CN(CCN(CC(=O)O)CC(=O)O)CC(=O)O. The number of rotatable bonds is 24. The van der Waals surface area contributed by atoms with Gasteiger partial charge < -0.3 is 41.0 Å². The summed E-state index contributed by atoms with van der Waals surface area (Å²) >= 11 is 0. The van der Waals surface area contributed by atoms with E-state index in [2.05, 4.69) is 10.6 Å². The standard InChI is InChI=1S/C30H38N6O14/c37-22(7-8-36-24(39)5-6-25(36)40)31-12-23(38)32-20-3-1-19(2-4-20)11-21(35(17-29(47)48)18-30(49)50)13-33(14-26(41)42)9-10-34(15-27(43)44)16-28(45)46/h1-6,21H,7-18H2,(H,31,37)(H,32,38)(H,41,42)(H,43,44)(H,45,46)(H,47,48)(H,49,50)/p-1/t21-/m1/s1. The Labute approximate surface area is 284 Å². The van der Waals surface area contributed by atoms with E-state index < -0.39 is 98.8 Å². The first-order valence-corrected chi connectivity index (χ1v) is 15.0. The average molecular weight is 706 g/mol. The smallest absolute Gasteiger partial charge is 0.317 e. The highest BCUT2D eigenvalue weighted by atomic mass is 16.4. The van der Waals surface area contributed by atoms with E-state index in [0.29, 0.717) is 11.3 Å². The molecule has 20 nitrogen and oxygen atoms in total. The fourth-order valence-corrected chi connectivity index (χ4v) is 4.90. The third-order valence-electron chi connectivity index (χ3n) is 7.08. The molecule has 1 aromatic carbocycles. The van der Waals surface area contributed by atoms with Crippen molar-refractivity contribution < 1.29 is 68.7 Å². The minimum atomic E-state index is -1.60. The number of nitrogens with one attached hydrogen (secondary N) is 2. The van der Waals surface area contributed by atoms with E-state index in [-0.39, 0.29) is 39.0 Å². The summed E-state index contributed by atoms with van der Waals surface area (Å²) in [5.41, 5.74) is 0.814. The van der Waals surface area contributed by atoms with E-state index in [1.807, 2.05) is 0 Å². The molecule has 0 aliphatic carbocycles. The van der Waals surface area contributed by atoms with Gasteiger partial charge in [-0.1, -0.05) is 12.1 Å². The fraction of sp³-hybridized carbons (Fsp3) is 0.433. The zero-order chi connectivity index (χ0) is 37.4. The number of nitrogens with zero attached hydrogens (tertiary/aromatic N) is 4. The lowest BCUT2D eigenvalue weighted by Gasteiger charge is -2.35. The first-order valence-electron chi connectivity index (χ1n) is 15.0. The Morgan fingerprint density at radius 1 is 0.720 bits per heavy atom. The van der Waals surface area contributed by atoms with Crippen molar-refractivity contribution >= 4 is 59.2 Å². The van der Waals surface area contributed by atoms with E-state index in [1.54, 1.807) is 12.1 Å². The van der Waals surface area contributed by atoms with Gasteiger partial charge in [-0.3, -0.25) is 58.0 Å². The topological polar surface area (TPSA) is 295 Å². The number of amides is 4. The van der Waals surface area contributed by atoms with Crippen molar-refractivity contribution in [2.24, 2.45) is 0 Å². The molecular weight excluding hydrogens is 668 g/mol. The van der Waals surface area contributed by atoms with E-state index in [4.69, 9.17) is 10.2 Å². The van der Waals surface area contributed by atoms with Gasteiger partial charge in [0, 0.05) is 63.0 Å². The molecule has 272 valence electrons. The van der Waals surface area contributed by atoms with Crippen LogP contribution in [0.3, 0.4) is 0 Å². The quantitative estimate of drug-likeness (QED) is 0.0558. The highest BCUT2D eigenvalue weighted by molar-refractivity contribution is 6.13. The van der Waals surface area contributed by atoms with Gasteiger partial charge in [0.15, 0.2) is 0 Å². The minimum Gasteiger partial charge on any atom is -0.549 e. The van der Waals surface area contributed by atoms with Gasteiger partial charge in [0.1, 0.15) is 0 Å². The number of carbonyl (C=O) groups excluding carboxylic acids is 5. The minimum absolute atomic E-state index is 0.0214. The van der Waals surface area contributed by atoms with Crippen LogP contribution in [0.4, 0.5) is 5.69 Å². The van der Waals surface area contributed by atoms with Crippen LogP contribution in [-0.4, -0.2) is 165 Å². The Bertz CT molecular complexity index is 1430. The van der Waals surface area contributed by atoms with Crippen molar-refractivity contribution in [2.45, 2.75) is 18.9 Å². The Kier molecular flexibility index (Phi) is 16.1. The lowest BCUT2D eigenvalue weighted by atomic mass is 10.0. The van der Waals surface area contributed by atoms with Crippen LogP contribution in [0.5, 0.6) is 0 Å². The van der Waals surface area contributed by atoms with E-state index in [0.717, 1.165) is 26.9 Å². The zero-order valence-electron chi connectivity index (χ0n) is 26.7. The molecule has 2 rings (SSSR count). The fourth-order valence-electron chi connectivity index (χ4n) is 4.90. The van der Waals surface area contributed by atoms with Crippen molar-refractivity contribution in [3.05, 3.63) is 42.0 Å². The Hall–Kier alpha value is -5.73. The van der Waals surface area contributed by atoms with Gasteiger partial charge in [0.25, 0.3) is 11.8 Å². The van der Waals surface area contributed by atoms with Crippen LogP contribution in [0.25, 0.3) is 0 Å². The second-order valence-electron chi connectivity index (χ2n) is 11.1. The molecule has 4 amide bonds. The van der Waals surface area contributed by atoms with Gasteiger partial charge in [-0.15, -0.1) is 0 Å². The maximum absolute atomic E-state index is 12.4. The third-order valence-corrected chi connectivity index (χ3v) is 7.08. The zero-order valence-corrected chi connectivity index (χ0v) is 26.7. The molecule has 1 atom stereocenters. The molecule has 0 saturated carbocycles. The maximum Gasteiger partial charge on any atom is 0.317 e. The van der Waals surface area contributed by atoms with Crippen molar-refractivity contribution in [3.63, 3.8) is 0 Å². The van der Waals surface area contributed by atoms with E-state index >= 15 is 0 Å². The normalized spacial score (nSPS) is 13.1. The Balaban J connectivity index is 2.12. The summed E-state index contributed by atoms with van der Waals surface area (Å²) < 4.78 is 0. The van der Waals surface area contributed by atoms with Gasteiger partial charge in [0.05, 0.1) is 38.7 Å². The van der Waals surface area contributed by atoms with Gasteiger partial charge in [-0.25, -0.2) is 0 Å². The van der Waals surface area contributed by atoms with Crippen molar-refractivity contribution in [3.8, 4) is 0 Å². The summed E-state index contributed by atoms with van der Waals surface area (Å²) in [5, 5.41) is 53.6. The average Bonchev–Trinajstić information content (AvgIpc) is 3.32. The molecule has 6 N–H and O–H groups in total. The number of hydrogen-bond donors (Lipinski definition) is 6. The molecule has 1 aromatic rings. The maximum atomic E-state index is 12.4. The molecule has 1 heterocycles. The predicted octanol–water partition coefficient (Wildman–Crippen LogP) is -4.04. The first kappa shape index (κ1) is 40.4. The summed E-state index contributed by atoms with van der Waals surface area (Å²) in [6.45, 7) is -4.67. The van der Waals surface area contributed by atoms with Gasteiger partial charge in [-0.05, 0) is 24.1 Å². The number of carboxylic acids is 5. The number of carboxylic acid groups (broad SMARTS) is 5.